The van der Waals surface area contributed by atoms with Crippen molar-refractivity contribution in [1.29, 1.82) is 0 Å². The summed E-state index contributed by atoms with van der Waals surface area (Å²) in [7, 11) is -3.39. The molecule has 0 unspecified atom stereocenters. The van der Waals surface area contributed by atoms with Gasteiger partial charge in [0.1, 0.15) is 0 Å². The third kappa shape index (κ3) is 4.59. The first-order valence-electron chi connectivity index (χ1n) is 9.11. The van der Waals surface area contributed by atoms with Crippen LogP contribution in [0.4, 0.5) is 0 Å². The van der Waals surface area contributed by atoms with E-state index in [0.29, 0.717) is 30.4 Å². The largest absolute Gasteiger partial charge is 0.356 e. The van der Waals surface area contributed by atoms with Crippen LogP contribution >= 0.6 is 0 Å². The molecule has 0 spiro atoms. The maximum Gasteiger partial charge on any atom is 0.243 e. The molecule has 1 aromatic carbocycles. The number of amides is 1. The first kappa shape index (κ1) is 18.4. The van der Waals surface area contributed by atoms with E-state index < -0.39 is 10.0 Å². The van der Waals surface area contributed by atoms with E-state index in [1.54, 1.807) is 28.6 Å². The van der Waals surface area contributed by atoms with Crippen molar-refractivity contribution in [3.8, 4) is 0 Å². The van der Waals surface area contributed by atoms with Gasteiger partial charge < -0.3 is 10.6 Å². The van der Waals surface area contributed by atoms with Gasteiger partial charge in [-0.15, -0.1) is 0 Å². The fourth-order valence-electron chi connectivity index (χ4n) is 3.57. The maximum atomic E-state index is 12.6. The Labute approximate surface area is 150 Å². The first-order chi connectivity index (χ1) is 12.1. The van der Waals surface area contributed by atoms with Crippen molar-refractivity contribution in [2.75, 3.05) is 32.7 Å². The minimum Gasteiger partial charge on any atom is -0.356 e. The highest BCUT2D eigenvalue weighted by Crippen LogP contribution is 2.23. The lowest BCUT2D eigenvalue weighted by atomic mass is 9.95. The van der Waals surface area contributed by atoms with Crippen LogP contribution in [0.1, 0.15) is 25.7 Å². The SMILES string of the molecule is O=C(NCC1CCN(S(=O)(=O)c2ccccc2)CC1)C1CCNCC1. The lowest BCUT2D eigenvalue weighted by Gasteiger charge is -2.31. The molecule has 2 fully saturated rings. The van der Waals surface area contributed by atoms with Crippen LogP contribution in [0.25, 0.3) is 0 Å². The van der Waals surface area contributed by atoms with Crippen molar-refractivity contribution in [3.63, 3.8) is 0 Å². The smallest absolute Gasteiger partial charge is 0.243 e. The van der Waals surface area contributed by atoms with E-state index >= 15 is 0 Å². The van der Waals surface area contributed by atoms with Crippen LogP contribution in [0.5, 0.6) is 0 Å². The third-order valence-corrected chi connectivity index (χ3v) is 7.14. The highest BCUT2D eigenvalue weighted by molar-refractivity contribution is 7.89. The molecule has 0 bridgehead atoms. The summed E-state index contributed by atoms with van der Waals surface area (Å²) < 4.78 is 26.8. The monoisotopic (exact) mass is 365 g/mol. The minimum absolute atomic E-state index is 0.125. The third-order valence-electron chi connectivity index (χ3n) is 5.23. The summed E-state index contributed by atoms with van der Waals surface area (Å²) in [5.41, 5.74) is 0. The van der Waals surface area contributed by atoms with E-state index in [-0.39, 0.29) is 11.8 Å². The van der Waals surface area contributed by atoms with Crippen molar-refractivity contribution < 1.29 is 13.2 Å². The molecule has 2 aliphatic heterocycles. The van der Waals surface area contributed by atoms with Gasteiger partial charge in [-0.1, -0.05) is 18.2 Å². The fraction of sp³-hybridized carbons (Fsp3) is 0.611. The summed E-state index contributed by atoms with van der Waals surface area (Å²) in [5.74, 6) is 0.633. The van der Waals surface area contributed by atoms with E-state index in [9.17, 15) is 13.2 Å². The molecular weight excluding hydrogens is 338 g/mol. The number of nitrogens with zero attached hydrogens (tertiary/aromatic N) is 1. The van der Waals surface area contributed by atoms with E-state index in [4.69, 9.17) is 0 Å². The first-order valence-corrected chi connectivity index (χ1v) is 10.5. The standard InChI is InChI=1S/C18H27N3O3S/c22-18(16-6-10-19-11-7-16)20-14-15-8-12-21(13-9-15)25(23,24)17-4-2-1-3-5-17/h1-5,15-16,19H,6-14H2,(H,20,22). The topological polar surface area (TPSA) is 78.5 Å². The van der Waals surface area contributed by atoms with E-state index in [0.717, 1.165) is 38.8 Å². The summed E-state index contributed by atoms with van der Waals surface area (Å²) >= 11 is 0. The van der Waals surface area contributed by atoms with Crippen molar-refractivity contribution in [3.05, 3.63) is 30.3 Å². The molecule has 0 atom stereocenters. The van der Waals surface area contributed by atoms with E-state index in [1.807, 2.05) is 6.07 Å². The molecule has 0 radical (unpaired) electrons. The molecule has 3 rings (SSSR count). The zero-order valence-electron chi connectivity index (χ0n) is 14.5. The summed E-state index contributed by atoms with van der Waals surface area (Å²) in [6.45, 7) is 3.51. The molecular formula is C18H27N3O3S. The molecule has 2 N–H and O–H groups in total. The molecule has 138 valence electrons. The Morgan fingerprint density at radius 3 is 2.36 bits per heavy atom. The molecule has 0 aromatic heterocycles. The van der Waals surface area contributed by atoms with Gasteiger partial charge in [0.2, 0.25) is 15.9 Å². The Balaban J connectivity index is 1.46. The summed E-state index contributed by atoms with van der Waals surface area (Å²) in [5, 5.41) is 6.34. The Kier molecular flexibility index (Phi) is 6.09. The summed E-state index contributed by atoms with van der Waals surface area (Å²) in [4.78, 5) is 12.6. The number of sulfonamides is 1. The molecule has 2 heterocycles. The Hall–Kier alpha value is -1.44. The van der Waals surface area contributed by atoms with Crippen molar-refractivity contribution in [2.45, 2.75) is 30.6 Å². The van der Waals surface area contributed by atoms with Crippen LogP contribution < -0.4 is 10.6 Å². The number of carbonyl (C=O) groups excluding carboxylic acids is 1. The number of carbonyl (C=O) groups is 1. The Bertz CT molecular complexity index is 664. The number of nitrogens with one attached hydrogen (secondary N) is 2. The highest BCUT2D eigenvalue weighted by atomic mass is 32.2. The highest BCUT2D eigenvalue weighted by Gasteiger charge is 2.29. The van der Waals surface area contributed by atoms with Crippen LogP contribution in [0.15, 0.2) is 35.2 Å². The lowest BCUT2D eigenvalue weighted by Crippen LogP contribution is -2.43. The molecule has 1 amide bonds. The van der Waals surface area contributed by atoms with Crippen LogP contribution in [0.3, 0.4) is 0 Å². The van der Waals surface area contributed by atoms with E-state index in [1.165, 1.54) is 0 Å². The second kappa shape index (κ2) is 8.29. The van der Waals surface area contributed by atoms with E-state index in [2.05, 4.69) is 10.6 Å². The lowest BCUT2D eigenvalue weighted by molar-refractivity contribution is -0.126. The quantitative estimate of drug-likeness (QED) is 0.822. The normalized spacial score (nSPS) is 21.1. The van der Waals surface area contributed by atoms with Crippen molar-refractivity contribution >= 4 is 15.9 Å². The number of benzene rings is 1. The molecule has 25 heavy (non-hydrogen) atoms. The maximum absolute atomic E-state index is 12.6. The van der Waals surface area contributed by atoms with Gasteiger partial charge in [-0.05, 0) is 56.8 Å². The molecule has 2 saturated heterocycles. The van der Waals surface area contributed by atoms with Gasteiger partial charge in [-0.25, -0.2) is 8.42 Å². The second-order valence-corrected chi connectivity index (χ2v) is 8.87. The fourth-order valence-corrected chi connectivity index (χ4v) is 5.06. The summed E-state index contributed by atoms with van der Waals surface area (Å²) in [6.07, 6.45) is 3.39. The second-order valence-electron chi connectivity index (χ2n) is 6.93. The zero-order chi connectivity index (χ0) is 17.7. The Morgan fingerprint density at radius 2 is 1.72 bits per heavy atom. The minimum atomic E-state index is -3.39. The van der Waals surface area contributed by atoms with Crippen LogP contribution in [0.2, 0.25) is 0 Å². The van der Waals surface area contributed by atoms with Gasteiger partial charge in [0.25, 0.3) is 0 Å². The summed E-state index contributed by atoms with van der Waals surface area (Å²) in [6, 6.07) is 8.59. The van der Waals surface area contributed by atoms with Gasteiger partial charge in [0.15, 0.2) is 0 Å². The zero-order valence-corrected chi connectivity index (χ0v) is 15.3. The molecule has 6 nitrogen and oxygen atoms in total. The van der Waals surface area contributed by atoms with Crippen LogP contribution in [-0.4, -0.2) is 51.4 Å². The van der Waals surface area contributed by atoms with Crippen LogP contribution in [-0.2, 0) is 14.8 Å². The average Bonchev–Trinajstić information content (AvgIpc) is 2.68. The number of hydrogen-bond donors (Lipinski definition) is 2. The molecule has 7 heteroatoms. The predicted octanol–water partition coefficient (Wildman–Crippen LogP) is 1.20. The van der Waals surface area contributed by atoms with Gasteiger partial charge in [0.05, 0.1) is 4.90 Å². The van der Waals surface area contributed by atoms with Gasteiger partial charge in [0, 0.05) is 25.6 Å². The van der Waals surface area contributed by atoms with Gasteiger partial charge >= 0.3 is 0 Å². The van der Waals surface area contributed by atoms with Gasteiger partial charge in [-0.3, -0.25) is 4.79 Å². The van der Waals surface area contributed by atoms with Gasteiger partial charge in [-0.2, -0.15) is 4.31 Å². The number of piperidine rings is 2. The molecule has 0 aliphatic carbocycles. The molecule has 1 aromatic rings. The molecule has 0 saturated carbocycles. The number of hydrogen-bond acceptors (Lipinski definition) is 4. The Morgan fingerprint density at radius 1 is 1.08 bits per heavy atom. The van der Waals surface area contributed by atoms with Crippen molar-refractivity contribution in [1.82, 2.24) is 14.9 Å². The predicted molar refractivity (Wildman–Crippen MR) is 96.5 cm³/mol. The molecule has 2 aliphatic rings. The average molecular weight is 365 g/mol. The van der Waals surface area contributed by atoms with Crippen LogP contribution in [0, 0.1) is 11.8 Å². The number of rotatable bonds is 5. The van der Waals surface area contributed by atoms with Crippen molar-refractivity contribution in [2.24, 2.45) is 11.8 Å².